The van der Waals surface area contributed by atoms with Crippen LogP contribution in [0.2, 0.25) is 0 Å². The van der Waals surface area contributed by atoms with Gasteiger partial charge < -0.3 is 20.4 Å². The average molecular weight is 258 g/mol. The molecule has 0 aromatic heterocycles. The zero-order valence-electron chi connectivity index (χ0n) is 10.8. The molecular formula is C12H22N2O4. The number of aliphatic hydroxyl groups is 1. The number of hydrogen-bond acceptors (Lipinski definition) is 3. The van der Waals surface area contributed by atoms with Gasteiger partial charge in [-0.1, -0.05) is 12.8 Å². The van der Waals surface area contributed by atoms with Crippen molar-refractivity contribution in [3.05, 3.63) is 0 Å². The van der Waals surface area contributed by atoms with Gasteiger partial charge in [0.15, 0.2) is 6.10 Å². The number of carbonyl (C=O) groups is 2. The largest absolute Gasteiger partial charge is 0.479 e. The zero-order chi connectivity index (χ0) is 13.5. The van der Waals surface area contributed by atoms with Crippen LogP contribution in [0.3, 0.4) is 0 Å². The molecule has 0 bridgehead atoms. The van der Waals surface area contributed by atoms with E-state index in [1.165, 1.54) is 25.7 Å². The first kappa shape index (κ1) is 14.8. The second-order valence-corrected chi connectivity index (χ2v) is 4.91. The number of rotatable bonds is 6. The molecule has 6 heteroatoms. The van der Waals surface area contributed by atoms with E-state index in [-0.39, 0.29) is 19.0 Å². The molecule has 2 amide bonds. The van der Waals surface area contributed by atoms with Gasteiger partial charge in [0.1, 0.15) is 0 Å². The second kappa shape index (κ2) is 7.20. The Kier molecular flexibility index (Phi) is 5.91. The monoisotopic (exact) mass is 258 g/mol. The van der Waals surface area contributed by atoms with Crippen LogP contribution in [-0.4, -0.2) is 53.4 Å². The van der Waals surface area contributed by atoms with Gasteiger partial charge in [-0.25, -0.2) is 9.59 Å². The molecule has 0 aromatic carbocycles. The van der Waals surface area contributed by atoms with Crippen LogP contribution in [0.1, 0.15) is 32.1 Å². The normalized spacial score (nSPS) is 17.4. The van der Waals surface area contributed by atoms with E-state index in [1.54, 1.807) is 11.9 Å². The van der Waals surface area contributed by atoms with Crippen LogP contribution in [-0.2, 0) is 4.79 Å². The maximum atomic E-state index is 11.7. The zero-order valence-corrected chi connectivity index (χ0v) is 10.8. The first-order chi connectivity index (χ1) is 8.50. The maximum absolute atomic E-state index is 11.7. The Balaban J connectivity index is 2.16. The fraction of sp³-hybridized carbons (Fsp3) is 0.833. The van der Waals surface area contributed by atoms with Crippen LogP contribution in [0.5, 0.6) is 0 Å². The molecule has 1 atom stereocenters. The molecule has 0 aromatic rings. The number of carboxylic acids is 1. The van der Waals surface area contributed by atoms with E-state index in [0.717, 1.165) is 6.54 Å². The number of aliphatic carboxylic acids is 1. The summed E-state index contributed by atoms with van der Waals surface area (Å²) in [4.78, 5) is 23.7. The number of urea groups is 1. The third kappa shape index (κ3) is 4.91. The van der Waals surface area contributed by atoms with Gasteiger partial charge in [0.2, 0.25) is 0 Å². The number of nitrogens with one attached hydrogen (secondary N) is 1. The predicted octanol–water partition coefficient (Wildman–Crippen LogP) is 0.654. The molecule has 0 radical (unpaired) electrons. The van der Waals surface area contributed by atoms with Crippen LogP contribution in [0, 0.1) is 5.92 Å². The van der Waals surface area contributed by atoms with Gasteiger partial charge in [-0.05, 0) is 18.8 Å². The highest BCUT2D eigenvalue weighted by atomic mass is 16.4. The number of hydrogen-bond donors (Lipinski definition) is 3. The summed E-state index contributed by atoms with van der Waals surface area (Å²) < 4.78 is 0. The smallest absolute Gasteiger partial charge is 0.332 e. The van der Waals surface area contributed by atoms with Crippen LogP contribution < -0.4 is 5.32 Å². The van der Waals surface area contributed by atoms with E-state index in [4.69, 9.17) is 10.2 Å². The maximum Gasteiger partial charge on any atom is 0.332 e. The molecule has 1 aliphatic rings. The van der Waals surface area contributed by atoms with E-state index in [1.807, 2.05) is 0 Å². The fourth-order valence-electron chi connectivity index (χ4n) is 2.24. The van der Waals surface area contributed by atoms with E-state index < -0.39 is 12.1 Å². The Bertz CT molecular complexity index is 290. The lowest BCUT2D eigenvalue weighted by Gasteiger charge is -2.21. The summed E-state index contributed by atoms with van der Waals surface area (Å²) in [6.45, 7) is 0.911. The lowest BCUT2D eigenvalue weighted by molar-refractivity contribution is -0.146. The molecule has 1 saturated carbocycles. The molecule has 0 heterocycles. The SMILES string of the molecule is CN(CC1CCCC1)C(=O)NCCC(O)C(=O)O. The van der Waals surface area contributed by atoms with E-state index >= 15 is 0 Å². The summed E-state index contributed by atoms with van der Waals surface area (Å²) in [6.07, 6.45) is 3.45. The number of nitrogens with zero attached hydrogens (tertiary/aromatic N) is 1. The standard InChI is InChI=1S/C12H22N2O4/c1-14(8-9-4-2-3-5-9)12(18)13-7-6-10(15)11(16)17/h9-10,15H,2-8H2,1H3,(H,13,18)(H,16,17). The lowest BCUT2D eigenvalue weighted by Crippen LogP contribution is -2.41. The fourth-order valence-corrected chi connectivity index (χ4v) is 2.24. The predicted molar refractivity (Wildman–Crippen MR) is 66.2 cm³/mol. The molecular weight excluding hydrogens is 236 g/mol. The summed E-state index contributed by atoms with van der Waals surface area (Å²) in [7, 11) is 1.74. The Morgan fingerprint density at radius 1 is 1.39 bits per heavy atom. The number of carboxylic acid groups (broad SMARTS) is 1. The van der Waals surface area contributed by atoms with Crippen molar-refractivity contribution in [2.45, 2.75) is 38.2 Å². The van der Waals surface area contributed by atoms with Crippen molar-refractivity contribution in [2.24, 2.45) is 5.92 Å². The molecule has 1 unspecified atom stereocenters. The molecule has 1 aliphatic carbocycles. The van der Waals surface area contributed by atoms with Crippen LogP contribution in [0.25, 0.3) is 0 Å². The molecule has 0 spiro atoms. The van der Waals surface area contributed by atoms with Crippen molar-refractivity contribution in [1.82, 2.24) is 10.2 Å². The third-order valence-electron chi connectivity index (χ3n) is 3.33. The quantitative estimate of drug-likeness (QED) is 0.652. The minimum atomic E-state index is -1.41. The third-order valence-corrected chi connectivity index (χ3v) is 3.33. The highest BCUT2D eigenvalue weighted by Gasteiger charge is 2.19. The van der Waals surface area contributed by atoms with Gasteiger partial charge in [-0.3, -0.25) is 0 Å². The van der Waals surface area contributed by atoms with Crippen molar-refractivity contribution in [3.63, 3.8) is 0 Å². The van der Waals surface area contributed by atoms with Crippen molar-refractivity contribution in [3.8, 4) is 0 Å². The minimum absolute atomic E-state index is 0.0261. The average Bonchev–Trinajstić information content (AvgIpc) is 2.81. The van der Waals surface area contributed by atoms with E-state index in [9.17, 15) is 9.59 Å². The second-order valence-electron chi connectivity index (χ2n) is 4.91. The molecule has 6 nitrogen and oxygen atoms in total. The van der Waals surface area contributed by atoms with Gasteiger partial charge >= 0.3 is 12.0 Å². The highest BCUT2D eigenvalue weighted by molar-refractivity contribution is 5.74. The first-order valence-electron chi connectivity index (χ1n) is 6.40. The topological polar surface area (TPSA) is 89.9 Å². The van der Waals surface area contributed by atoms with Gasteiger partial charge in [-0.2, -0.15) is 0 Å². The molecule has 3 N–H and O–H groups in total. The van der Waals surface area contributed by atoms with Gasteiger partial charge in [0.05, 0.1) is 0 Å². The Labute approximate surface area is 107 Å². The van der Waals surface area contributed by atoms with Crippen molar-refractivity contribution in [2.75, 3.05) is 20.1 Å². The van der Waals surface area contributed by atoms with Crippen molar-refractivity contribution in [1.29, 1.82) is 0 Å². The van der Waals surface area contributed by atoms with Crippen molar-refractivity contribution < 1.29 is 19.8 Å². The van der Waals surface area contributed by atoms with Gasteiger partial charge in [0.25, 0.3) is 0 Å². The summed E-state index contributed by atoms with van der Waals surface area (Å²) >= 11 is 0. The minimum Gasteiger partial charge on any atom is -0.479 e. The highest BCUT2D eigenvalue weighted by Crippen LogP contribution is 2.25. The van der Waals surface area contributed by atoms with E-state index in [2.05, 4.69) is 5.32 Å². The molecule has 1 fully saturated rings. The van der Waals surface area contributed by atoms with Crippen LogP contribution >= 0.6 is 0 Å². The van der Waals surface area contributed by atoms with E-state index in [0.29, 0.717) is 5.92 Å². The number of carbonyl (C=O) groups excluding carboxylic acids is 1. The Morgan fingerprint density at radius 3 is 2.56 bits per heavy atom. The lowest BCUT2D eigenvalue weighted by atomic mass is 10.1. The van der Waals surface area contributed by atoms with Crippen molar-refractivity contribution >= 4 is 12.0 Å². The molecule has 0 saturated heterocycles. The Hall–Kier alpha value is -1.30. The summed E-state index contributed by atoms with van der Waals surface area (Å²) in [5.74, 6) is -0.672. The number of amides is 2. The van der Waals surface area contributed by atoms with Crippen LogP contribution in [0.15, 0.2) is 0 Å². The molecule has 104 valence electrons. The Morgan fingerprint density at radius 2 is 2.00 bits per heavy atom. The molecule has 0 aliphatic heterocycles. The van der Waals surface area contributed by atoms with Gasteiger partial charge in [-0.15, -0.1) is 0 Å². The van der Waals surface area contributed by atoms with Crippen LogP contribution in [0.4, 0.5) is 4.79 Å². The molecule has 1 rings (SSSR count). The van der Waals surface area contributed by atoms with Gasteiger partial charge in [0, 0.05) is 26.6 Å². The summed E-state index contributed by atoms with van der Waals surface area (Å²) in [5, 5.41) is 20.1. The summed E-state index contributed by atoms with van der Waals surface area (Å²) in [5.41, 5.74) is 0. The first-order valence-corrected chi connectivity index (χ1v) is 6.40. The number of aliphatic hydroxyl groups excluding tert-OH is 1. The molecule has 18 heavy (non-hydrogen) atoms. The summed E-state index contributed by atoms with van der Waals surface area (Å²) in [6, 6.07) is -0.209.